The average Bonchev–Trinajstić information content (AvgIpc) is 2.35. The lowest BCUT2D eigenvalue weighted by molar-refractivity contribution is 0.0636. The zero-order valence-electron chi connectivity index (χ0n) is 12.1. The van der Waals surface area contributed by atoms with Crippen molar-refractivity contribution in [3.63, 3.8) is 0 Å². The Hall–Kier alpha value is -2.30. The number of methoxy groups -OCH3 is 1. The third kappa shape index (κ3) is 4.42. The Morgan fingerprint density at radius 3 is 2.45 bits per heavy atom. The van der Waals surface area contributed by atoms with Gasteiger partial charge in [-0.05, 0) is 39.0 Å². The van der Waals surface area contributed by atoms with Gasteiger partial charge in [-0.25, -0.2) is 4.79 Å². The van der Waals surface area contributed by atoms with Crippen LogP contribution in [-0.4, -0.2) is 24.6 Å². The molecular weight excluding hydrogens is 258 g/mol. The minimum atomic E-state index is -0.576. The molecule has 0 aliphatic heterocycles. The monoisotopic (exact) mass is 277 g/mol. The molecular formula is C15H19NO4. The Bertz CT molecular complexity index is 529. The molecule has 108 valence electrons. The van der Waals surface area contributed by atoms with E-state index in [2.05, 4.69) is 11.9 Å². The zero-order valence-corrected chi connectivity index (χ0v) is 12.1. The lowest BCUT2D eigenvalue weighted by Crippen LogP contribution is -2.27. The number of rotatable bonds is 4. The molecule has 0 heterocycles. The van der Waals surface area contributed by atoms with Gasteiger partial charge in [0.25, 0.3) is 0 Å². The molecule has 0 atom stereocenters. The standard InChI is InChI=1S/C15H19NO4/c1-6-12(17)11-8-7-10(9-13(11)19-5)16-14(18)20-15(2,3)4/h6-9H,1H2,2-5H3,(H,16,18). The first-order chi connectivity index (χ1) is 9.26. The van der Waals surface area contributed by atoms with Crippen LogP contribution in [0, 0.1) is 0 Å². The van der Waals surface area contributed by atoms with E-state index in [-0.39, 0.29) is 5.78 Å². The van der Waals surface area contributed by atoms with Crippen molar-refractivity contribution in [2.75, 3.05) is 12.4 Å². The SMILES string of the molecule is C=CC(=O)c1ccc(NC(=O)OC(C)(C)C)cc1OC. The van der Waals surface area contributed by atoms with Gasteiger partial charge in [-0.3, -0.25) is 10.1 Å². The molecule has 0 spiro atoms. The highest BCUT2D eigenvalue weighted by molar-refractivity contribution is 6.06. The van der Waals surface area contributed by atoms with Gasteiger partial charge >= 0.3 is 6.09 Å². The molecule has 0 aliphatic rings. The molecule has 5 nitrogen and oxygen atoms in total. The van der Waals surface area contributed by atoms with Crippen molar-refractivity contribution in [2.45, 2.75) is 26.4 Å². The smallest absolute Gasteiger partial charge is 0.412 e. The van der Waals surface area contributed by atoms with Gasteiger partial charge in [-0.2, -0.15) is 0 Å². The largest absolute Gasteiger partial charge is 0.496 e. The second kappa shape index (κ2) is 6.23. The Morgan fingerprint density at radius 2 is 1.95 bits per heavy atom. The second-order valence-electron chi connectivity index (χ2n) is 5.11. The minimum Gasteiger partial charge on any atom is -0.496 e. The summed E-state index contributed by atoms with van der Waals surface area (Å²) in [7, 11) is 1.45. The van der Waals surface area contributed by atoms with Gasteiger partial charge in [0.1, 0.15) is 11.4 Å². The highest BCUT2D eigenvalue weighted by Gasteiger charge is 2.17. The van der Waals surface area contributed by atoms with Crippen molar-refractivity contribution in [3.8, 4) is 5.75 Å². The number of carbonyl (C=O) groups excluding carboxylic acids is 2. The Balaban J connectivity index is 2.91. The molecule has 1 N–H and O–H groups in total. The third-order valence-corrected chi connectivity index (χ3v) is 2.30. The maximum atomic E-state index is 11.6. The van der Waals surface area contributed by atoms with E-state index in [4.69, 9.17) is 9.47 Å². The van der Waals surface area contributed by atoms with Gasteiger partial charge in [0.05, 0.1) is 12.7 Å². The summed E-state index contributed by atoms with van der Waals surface area (Å²) in [5.41, 5.74) is 0.293. The fraction of sp³-hybridized carbons (Fsp3) is 0.333. The average molecular weight is 277 g/mol. The molecule has 1 aromatic rings. The quantitative estimate of drug-likeness (QED) is 0.676. The first kappa shape index (κ1) is 15.8. The van der Waals surface area contributed by atoms with Crippen LogP contribution in [0.3, 0.4) is 0 Å². The zero-order chi connectivity index (χ0) is 15.3. The summed E-state index contributed by atoms with van der Waals surface area (Å²) in [5, 5.41) is 2.58. The molecule has 0 saturated heterocycles. The fourth-order valence-electron chi connectivity index (χ4n) is 1.50. The number of anilines is 1. The molecule has 0 unspecified atom stereocenters. The molecule has 1 aromatic carbocycles. The van der Waals surface area contributed by atoms with Crippen molar-refractivity contribution in [2.24, 2.45) is 0 Å². The fourth-order valence-corrected chi connectivity index (χ4v) is 1.50. The number of hydrogen-bond donors (Lipinski definition) is 1. The maximum Gasteiger partial charge on any atom is 0.412 e. The van der Waals surface area contributed by atoms with Gasteiger partial charge in [-0.15, -0.1) is 0 Å². The van der Waals surface area contributed by atoms with Crippen LogP contribution in [0.5, 0.6) is 5.75 Å². The molecule has 5 heteroatoms. The predicted molar refractivity (Wildman–Crippen MR) is 77.4 cm³/mol. The first-order valence-electron chi connectivity index (χ1n) is 6.11. The molecule has 0 aromatic heterocycles. The molecule has 0 saturated carbocycles. The van der Waals surface area contributed by atoms with Crippen molar-refractivity contribution < 1.29 is 19.1 Å². The van der Waals surface area contributed by atoms with E-state index in [0.717, 1.165) is 0 Å². The van der Waals surface area contributed by atoms with Crippen LogP contribution in [0.15, 0.2) is 30.9 Å². The molecule has 1 rings (SSSR count). The van der Waals surface area contributed by atoms with Crippen LogP contribution in [0.1, 0.15) is 31.1 Å². The number of amides is 1. The summed E-state index contributed by atoms with van der Waals surface area (Å²) in [6.07, 6.45) is 0.640. The summed E-state index contributed by atoms with van der Waals surface area (Å²) in [5.74, 6) is 0.120. The number of benzene rings is 1. The number of hydrogen-bond acceptors (Lipinski definition) is 4. The van der Waals surface area contributed by atoms with E-state index in [1.165, 1.54) is 13.2 Å². The van der Waals surface area contributed by atoms with Gasteiger partial charge in [0.15, 0.2) is 5.78 Å². The normalized spacial score (nSPS) is 10.6. The van der Waals surface area contributed by atoms with E-state index in [0.29, 0.717) is 17.0 Å². The molecule has 0 bridgehead atoms. The molecule has 0 fully saturated rings. The Morgan fingerprint density at radius 1 is 1.30 bits per heavy atom. The number of nitrogens with one attached hydrogen (secondary N) is 1. The van der Waals surface area contributed by atoms with Gasteiger partial charge in [0.2, 0.25) is 0 Å². The lowest BCUT2D eigenvalue weighted by Gasteiger charge is -2.20. The van der Waals surface area contributed by atoms with Crippen LogP contribution in [-0.2, 0) is 4.74 Å². The van der Waals surface area contributed by atoms with Crippen molar-refractivity contribution in [1.82, 2.24) is 0 Å². The third-order valence-electron chi connectivity index (χ3n) is 2.30. The molecule has 0 radical (unpaired) electrons. The highest BCUT2D eigenvalue weighted by atomic mass is 16.6. The van der Waals surface area contributed by atoms with E-state index in [9.17, 15) is 9.59 Å². The van der Waals surface area contributed by atoms with E-state index in [1.54, 1.807) is 39.0 Å². The molecule has 20 heavy (non-hydrogen) atoms. The number of carbonyl (C=O) groups is 2. The Labute approximate surface area is 118 Å². The number of ether oxygens (including phenoxy) is 2. The van der Waals surface area contributed by atoms with E-state index in [1.807, 2.05) is 0 Å². The van der Waals surface area contributed by atoms with E-state index < -0.39 is 11.7 Å². The maximum absolute atomic E-state index is 11.6. The van der Waals surface area contributed by atoms with Gasteiger partial charge < -0.3 is 9.47 Å². The summed E-state index contributed by atoms with van der Waals surface area (Å²) in [6.45, 7) is 8.76. The summed E-state index contributed by atoms with van der Waals surface area (Å²) >= 11 is 0. The number of allylic oxidation sites excluding steroid dienone is 1. The summed E-state index contributed by atoms with van der Waals surface area (Å²) in [6, 6.07) is 4.72. The molecule has 1 amide bonds. The van der Waals surface area contributed by atoms with Crippen LogP contribution in [0.2, 0.25) is 0 Å². The highest BCUT2D eigenvalue weighted by Crippen LogP contribution is 2.24. The Kier molecular flexibility index (Phi) is 4.91. The van der Waals surface area contributed by atoms with Gasteiger partial charge in [-0.1, -0.05) is 6.58 Å². The second-order valence-corrected chi connectivity index (χ2v) is 5.11. The molecule has 0 aliphatic carbocycles. The van der Waals surface area contributed by atoms with Crippen LogP contribution < -0.4 is 10.1 Å². The van der Waals surface area contributed by atoms with Gasteiger partial charge in [0, 0.05) is 11.8 Å². The summed E-state index contributed by atoms with van der Waals surface area (Å²) < 4.78 is 10.3. The topological polar surface area (TPSA) is 64.6 Å². The first-order valence-corrected chi connectivity index (χ1v) is 6.11. The lowest BCUT2D eigenvalue weighted by atomic mass is 10.1. The van der Waals surface area contributed by atoms with E-state index >= 15 is 0 Å². The van der Waals surface area contributed by atoms with Crippen molar-refractivity contribution in [1.29, 1.82) is 0 Å². The van der Waals surface area contributed by atoms with Crippen molar-refractivity contribution >= 4 is 17.6 Å². The van der Waals surface area contributed by atoms with Crippen molar-refractivity contribution in [3.05, 3.63) is 36.4 Å². The predicted octanol–water partition coefficient (Wildman–Crippen LogP) is 3.41. The van der Waals surface area contributed by atoms with Crippen LogP contribution in [0.25, 0.3) is 0 Å². The van der Waals surface area contributed by atoms with Crippen LogP contribution >= 0.6 is 0 Å². The minimum absolute atomic E-state index is 0.245. The summed E-state index contributed by atoms with van der Waals surface area (Å²) in [4.78, 5) is 23.2. The van der Waals surface area contributed by atoms with Crippen LogP contribution in [0.4, 0.5) is 10.5 Å². The number of ketones is 1.